The Labute approximate surface area is 183 Å². The molecule has 1 aliphatic rings. The highest BCUT2D eigenvalue weighted by atomic mass is 16.7. The molecular formula is C27H27NO3. The summed E-state index contributed by atoms with van der Waals surface area (Å²) in [5, 5.41) is 2.45. The Balaban J connectivity index is 0.00000132. The largest absolute Gasteiger partial charge is 0.285 e. The Morgan fingerprint density at radius 1 is 0.839 bits per heavy atom. The molecule has 1 heterocycles. The van der Waals surface area contributed by atoms with Crippen LogP contribution in [-0.2, 0) is 4.84 Å². The van der Waals surface area contributed by atoms with Gasteiger partial charge in [-0.25, -0.2) is 4.84 Å². The van der Waals surface area contributed by atoms with Gasteiger partial charge >= 0.3 is 0 Å². The van der Waals surface area contributed by atoms with Gasteiger partial charge in [-0.1, -0.05) is 86.7 Å². The second kappa shape index (κ2) is 10.0. The molecule has 158 valence electrons. The van der Waals surface area contributed by atoms with Crippen LogP contribution in [0.4, 0.5) is 0 Å². The number of carbonyl (C=O) groups is 2. The number of hydrogen-bond acceptors (Lipinski definition) is 3. The van der Waals surface area contributed by atoms with Crippen LogP contribution in [0.3, 0.4) is 0 Å². The third-order valence-electron chi connectivity index (χ3n) is 5.04. The molecule has 0 aliphatic carbocycles. The number of hydrogen-bond donors (Lipinski definition) is 0. The Hall–Kier alpha value is -3.50. The van der Waals surface area contributed by atoms with E-state index in [1.807, 2.05) is 101 Å². The van der Waals surface area contributed by atoms with Crippen molar-refractivity contribution in [3.8, 4) is 0 Å². The first kappa shape index (κ1) is 22.2. The molecular weight excluding hydrogens is 386 g/mol. The minimum atomic E-state index is -0.588. The van der Waals surface area contributed by atoms with Crippen molar-refractivity contribution in [3.05, 3.63) is 107 Å². The van der Waals surface area contributed by atoms with E-state index in [1.54, 1.807) is 12.1 Å². The third kappa shape index (κ3) is 4.21. The number of rotatable bonds is 5. The van der Waals surface area contributed by atoms with Crippen LogP contribution in [0.2, 0.25) is 0 Å². The molecule has 1 aliphatic heterocycles. The van der Waals surface area contributed by atoms with Crippen LogP contribution in [0, 0.1) is 0 Å². The first-order chi connectivity index (χ1) is 15.2. The van der Waals surface area contributed by atoms with E-state index in [2.05, 4.69) is 0 Å². The molecule has 1 unspecified atom stereocenters. The summed E-state index contributed by atoms with van der Waals surface area (Å²) in [7, 11) is 0. The predicted octanol–water partition coefficient (Wildman–Crippen LogP) is 6.66. The van der Waals surface area contributed by atoms with Gasteiger partial charge in [-0.2, -0.15) is 0 Å². The maximum Gasteiger partial charge on any atom is 0.285 e. The molecule has 3 aromatic rings. The summed E-state index contributed by atoms with van der Waals surface area (Å²) in [4.78, 5) is 32.5. The summed E-state index contributed by atoms with van der Waals surface area (Å²) < 4.78 is 0. The molecule has 4 heteroatoms. The van der Waals surface area contributed by atoms with Gasteiger partial charge in [0.15, 0.2) is 0 Å². The maximum atomic E-state index is 13.2. The van der Waals surface area contributed by atoms with E-state index in [1.165, 1.54) is 0 Å². The molecule has 0 fully saturated rings. The molecule has 4 rings (SSSR count). The highest BCUT2D eigenvalue weighted by Gasteiger charge is 2.36. The fourth-order valence-corrected chi connectivity index (χ4v) is 3.68. The number of benzene rings is 3. The van der Waals surface area contributed by atoms with Crippen molar-refractivity contribution in [3.63, 3.8) is 0 Å². The highest BCUT2D eigenvalue weighted by molar-refractivity contribution is 6.24. The van der Waals surface area contributed by atoms with E-state index >= 15 is 0 Å². The Kier molecular flexibility index (Phi) is 7.16. The lowest BCUT2D eigenvalue weighted by molar-refractivity contribution is -0.124. The van der Waals surface area contributed by atoms with E-state index in [0.717, 1.165) is 21.6 Å². The number of imide groups is 1. The quantitative estimate of drug-likeness (QED) is 0.347. The molecule has 0 saturated carbocycles. The van der Waals surface area contributed by atoms with Gasteiger partial charge in [-0.15, -0.1) is 5.06 Å². The average molecular weight is 414 g/mol. The van der Waals surface area contributed by atoms with Crippen molar-refractivity contribution in [2.75, 3.05) is 0 Å². The van der Waals surface area contributed by atoms with Crippen LogP contribution < -0.4 is 0 Å². The number of amides is 2. The fraction of sp³-hybridized carbons (Fsp3) is 0.185. The van der Waals surface area contributed by atoms with Crippen molar-refractivity contribution in [1.82, 2.24) is 5.06 Å². The van der Waals surface area contributed by atoms with E-state index in [-0.39, 0.29) is 0 Å². The molecule has 2 amide bonds. The lowest BCUT2D eigenvalue weighted by atomic mass is 9.95. The van der Waals surface area contributed by atoms with Crippen molar-refractivity contribution in [2.24, 2.45) is 0 Å². The van der Waals surface area contributed by atoms with Crippen LogP contribution in [0.25, 0.3) is 10.8 Å². The van der Waals surface area contributed by atoms with Crippen molar-refractivity contribution in [2.45, 2.75) is 33.8 Å². The van der Waals surface area contributed by atoms with Gasteiger partial charge in [0, 0.05) is 5.39 Å². The van der Waals surface area contributed by atoms with Gasteiger partial charge in [0.05, 0.1) is 11.1 Å². The molecule has 0 N–H and O–H groups in total. The van der Waals surface area contributed by atoms with E-state index in [0.29, 0.717) is 16.5 Å². The number of hydroxylamine groups is 2. The predicted molar refractivity (Wildman–Crippen MR) is 125 cm³/mol. The zero-order valence-corrected chi connectivity index (χ0v) is 18.3. The molecule has 0 spiro atoms. The summed E-state index contributed by atoms with van der Waals surface area (Å²) in [6.07, 6.45) is 5.16. The van der Waals surface area contributed by atoms with E-state index < -0.39 is 17.9 Å². The summed E-state index contributed by atoms with van der Waals surface area (Å²) in [6, 6.07) is 20.5. The van der Waals surface area contributed by atoms with Crippen molar-refractivity contribution < 1.29 is 14.4 Å². The van der Waals surface area contributed by atoms with Gasteiger partial charge in [0.25, 0.3) is 11.8 Å². The number of carbonyl (C=O) groups excluding carboxylic acids is 2. The molecule has 4 nitrogen and oxygen atoms in total. The van der Waals surface area contributed by atoms with Gasteiger partial charge in [-0.05, 0) is 42.5 Å². The van der Waals surface area contributed by atoms with Crippen LogP contribution in [0.15, 0.2) is 90.5 Å². The van der Waals surface area contributed by atoms with Gasteiger partial charge in [0.1, 0.15) is 6.10 Å². The normalized spacial score (nSPS) is 14.6. The molecule has 31 heavy (non-hydrogen) atoms. The Morgan fingerprint density at radius 3 is 1.94 bits per heavy atom. The van der Waals surface area contributed by atoms with Gasteiger partial charge in [-0.3, -0.25) is 9.59 Å². The minimum Gasteiger partial charge on any atom is -0.266 e. The van der Waals surface area contributed by atoms with Crippen LogP contribution in [0.5, 0.6) is 0 Å². The molecule has 0 saturated heterocycles. The van der Waals surface area contributed by atoms with Crippen LogP contribution >= 0.6 is 0 Å². The number of allylic oxidation sites excluding steroid dienone is 2. The fourth-order valence-electron chi connectivity index (χ4n) is 3.68. The lowest BCUT2D eigenvalue weighted by Crippen LogP contribution is -2.41. The summed E-state index contributed by atoms with van der Waals surface area (Å²) in [5.74, 6) is -0.896. The highest BCUT2D eigenvalue weighted by Crippen LogP contribution is 2.34. The summed E-state index contributed by atoms with van der Waals surface area (Å²) in [6.45, 7) is 7.82. The molecule has 0 radical (unpaired) electrons. The number of nitrogens with zero attached hydrogens (tertiary/aromatic N) is 1. The molecule has 1 atom stereocenters. The van der Waals surface area contributed by atoms with Gasteiger partial charge < -0.3 is 0 Å². The average Bonchev–Trinajstić information content (AvgIpc) is 2.83. The summed E-state index contributed by atoms with van der Waals surface area (Å²) in [5.41, 5.74) is 2.66. The molecule has 0 bridgehead atoms. The first-order valence-electron chi connectivity index (χ1n) is 10.6. The van der Waals surface area contributed by atoms with Crippen molar-refractivity contribution in [1.29, 1.82) is 0 Å². The zero-order chi connectivity index (χ0) is 22.4. The first-order valence-corrected chi connectivity index (χ1v) is 10.6. The monoisotopic (exact) mass is 413 g/mol. The topological polar surface area (TPSA) is 46.6 Å². The second-order valence-corrected chi connectivity index (χ2v) is 6.80. The standard InChI is InChI=1S/C25H21NO3.C2H6/c1-3-10-17(4-2)23(19-11-6-5-7-12-19)29-26-24(27)20-15-8-13-18-14-9-16-21(22(18)20)25(26)28;1-2/h3-16,23H,1-2H3;1-2H3/b10-3-,17-4+;. The Bertz CT molecular complexity index is 1090. The van der Waals surface area contributed by atoms with Crippen LogP contribution in [-0.4, -0.2) is 16.9 Å². The third-order valence-corrected chi connectivity index (χ3v) is 5.04. The SMILES string of the molecule is C/C=C\C(=C/C)C(ON1C(=O)c2cccc3cccc(c23)C1=O)c1ccccc1.CC. The molecule has 3 aromatic carbocycles. The lowest BCUT2D eigenvalue weighted by Gasteiger charge is -2.30. The van der Waals surface area contributed by atoms with Crippen molar-refractivity contribution >= 4 is 22.6 Å². The van der Waals surface area contributed by atoms with E-state index in [4.69, 9.17) is 4.84 Å². The zero-order valence-electron chi connectivity index (χ0n) is 18.3. The maximum absolute atomic E-state index is 13.2. The molecule has 0 aromatic heterocycles. The second-order valence-electron chi connectivity index (χ2n) is 6.80. The smallest absolute Gasteiger partial charge is 0.266 e. The van der Waals surface area contributed by atoms with E-state index in [9.17, 15) is 9.59 Å². The minimum absolute atomic E-state index is 0.448. The Morgan fingerprint density at radius 2 is 1.42 bits per heavy atom. The van der Waals surface area contributed by atoms with Gasteiger partial charge in [0.2, 0.25) is 0 Å². The van der Waals surface area contributed by atoms with Crippen LogP contribution in [0.1, 0.15) is 60.1 Å². The summed E-state index contributed by atoms with van der Waals surface area (Å²) >= 11 is 0.